The highest BCUT2D eigenvalue weighted by molar-refractivity contribution is 7.81. The molecule has 5 nitrogen and oxygen atoms in total. The predicted octanol–water partition coefficient (Wildman–Crippen LogP) is 4.74. The molecule has 1 saturated heterocycles. The number of aryl methyl sites for hydroxylation is 1. The fourth-order valence-electron chi connectivity index (χ4n) is 3.52. The van der Waals surface area contributed by atoms with E-state index in [0.29, 0.717) is 11.5 Å². The third-order valence-electron chi connectivity index (χ3n) is 5.02. The van der Waals surface area contributed by atoms with E-state index in [1.54, 1.807) is 6.26 Å². The van der Waals surface area contributed by atoms with Gasteiger partial charge in [-0.25, -0.2) is 0 Å². The van der Waals surface area contributed by atoms with E-state index in [2.05, 4.69) is 0 Å². The molecule has 0 bridgehead atoms. The van der Waals surface area contributed by atoms with Crippen LogP contribution in [0.3, 0.4) is 0 Å². The third kappa shape index (κ3) is 4.61. The van der Waals surface area contributed by atoms with Crippen molar-refractivity contribution >= 4 is 34.0 Å². The van der Waals surface area contributed by atoms with Crippen molar-refractivity contribution in [2.45, 2.75) is 39.1 Å². The molecule has 6 heteroatoms. The van der Waals surface area contributed by atoms with E-state index in [-0.39, 0.29) is 25.1 Å². The van der Waals surface area contributed by atoms with Crippen LogP contribution in [-0.2, 0) is 25.4 Å². The lowest BCUT2D eigenvalue weighted by atomic mass is 9.98. The molecule has 1 unspecified atom stereocenters. The summed E-state index contributed by atoms with van der Waals surface area (Å²) in [5.41, 5.74) is 4.45. The fourth-order valence-corrected chi connectivity index (χ4v) is 3.81. The van der Waals surface area contributed by atoms with Crippen LogP contribution in [0.4, 0.5) is 0 Å². The Kier molecular flexibility index (Phi) is 5.73. The maximum Gasteiger partial charge on any atom is 0.310 e. The quantitative estimate of drug-likeness (QED) is 0.324. The molecular weight excluding hydrogens is 400 g/mol. The van der Waals surface area contributed by atoms with Crippen LogP contribution in [0.5, 0.6) is 0 Å². The molecule has 1 atom stereocenters. The lowest BCUT2D eigenvalue weighted by Crippen LogP contribution is -2.25. The van der Waals surface area contributed by atoms with Crippen LogP contribution in [0.15, 0.2) is 53.1 Å². The van der Waals surface area contributed by atoms with Crippen LogP contribution in [0, 0.1) is 6.92 Å². The largest absolute Gasteiger partial charge is 0.464 e. The standard InChI is InChI=1S/C24H24O5S/c1-15-4-6-17(7-5-15)23(30)20-11-16(10-18-8-9-26-22(18)20)12-21(25)27-13-19-14-28-24(2,3)29-19/h4-11,19H,12-14H2,1-3H3. The summed E-state index contributed by atoms with van der Waals surface area (Å²) < 4.78 is 22.3. The van der Waals surface area contributed by atoms with Crippen LogP contribution < -0.4 is 0 Å². The van der Waals surface area contributed by atoms with Crippen molar-refractivity contribution in [1.29, 1.82) is 0 Å². The molecule has 1 fully saturated rings. The van der Waals surface area contributed by atoms with Gasteiger partial charge in [0.2, 0.25) is 0 Å². The number of rotatable bonds is 6. The number of ether oxygens (including phenoxy) is 3. The first kappa shape index (κ1) is 20.7. The van der Waals surface area contributed by atoms with E-state index >= 15 is 0 Å². The topological polar surface area (TPSA) is 57.9 Å². The monoisotopic (exact) mass is 424 g/mol. The normalized spacial score (nSPS) is 17.9. The average molecular weight is 425 g/mol. The molecule has 3 aromatic rings. The van der Waals surface area contributed by atoms with Crippen LogP contribution in [0.2, 0.25) is 0 Å². The molecule has 2 aromatic carbocycles. The van der Waals surface area contributed by atoms with Crippen LogP contribution in [0.25, 0.3) is 11.0 Å². The first-order valence-electron chi connectivity index (χ1n) is 9.90. The fraction of sp³-hybridized carbons (Fsp3) is 0.333. The minimum atomic E-state index is -0.635. The van der Waals surface area contributed by atoms with Crippen LogP contribution >= 0.6 is 12.2 Å². The van der Waals surface area contributed by atoms with Crippen molar-refractivity contribution in [2.75, 3.05) is 13.2 Å². The highest BCUT2D eigenvalue weighted by Gasteiger charge is 2.33. The van der Waals surface area contributed by atoms with E-state index in [4.69, 9.17) is 30.8 Å². The van der Waals surface area contributed by atoms with Crippen molar-refractivity contribution in [3.05, 3.63) is 71.0 Å². The number of carbonyl (C=O) groups is 1. The maximum atomic E-state index is 12.4. The zero-order valence-electron chi connectivity index (χ0n) is 17.3. The molecule has 2 heterocycles. The lowest BCUT2D eigenvalue weighted by Gasteiger charge is -2.17. The Hall–Kier alpha value is -2.54. The SMILES string of the molecule is Cc1ccc(C(=S)c2cc(CC(=O)OCC3COC(C)(C)O3)cc3ccoc23)cc1. The van der Waals surface area contributed by atoms with Gasteiger partial charge in [0.05, 0.1) is 24.2 Å². The Balaban J connectivity index is 1.50. The van der Waals surface area contributed by atoms with Gasteiger partial charge in [-0.1, -0.05) is 42.0 Å². The number of esters is 1. The molecule has 1 aliphatic heterocycles. The van der Waals surface area contributed by atoms with Crippen molar-refractivity contribution in [2.24, 2.45) is 0 Å². The summed E-state index contributed by atoms with van der Waals surface area (Å²) in [6.45, 7) is 6.30. The highest BCUT2D eigenvalue weighted by Crippen LogP contribution is 2.26. The Morgan fingerprint density at radius 2 is 1.97 bits per heavy atom. The number of fused-ring (bicyclic) bond motifs is 1. The third-order valence-corrected chi connectivity index (χ3v) is 5.47. The van der Waals surface area contributed by atoms with Gasteiger partial charge >= 0.3 is 5.97 Å². The summed E-state index contributed by atoms with van der Waals surface area (Å²) >= 11 is 5.74. The van der Waals surface area contributed by atoms with Crippen molar-refractivity contribution in [3.8, 4) is 0 Å². The van der Waals surface area contributed by atoms with E-state index in [1.165, 1.54) is 5.56 Å². The molecule has 0 saturated carbocycles. The zero-order valence-corrected chi connectivity index (χ0v) is 18.1. The van der Waals surface area contributed by atoms with Gasteiger partial charge in [0, 0.05) is 10.9 Å². The Bertz CT molecular complexity index is 1080. The van der Waals surface area contributed by atoms with E-state index in [1.807, 2.05) is 63.2 Å². The van der Waals surface area contributed by atoms with Gasteiger partial charge in [0.1, 0.15) is 18.3 Å². The minimum Gasteiger partial charge on any atom is -0.464 e. The van der Waals surface area contributed by atoms with E-state index in [0.717, 1.165) is 27.7 Å². The molecular formula is C24H24O5S. The number of hydrogen-bond donors (Lipinski definition) is 0. The lowest BCUT2D eigenvalue weighted by molar-refractivity contribution is -0.157. The summed E-state index contributed by atoms with van der Waals surface area (Å²) in [7, 11) is 0. The van der Waals surface area contributed by atoms with E-state index in [9.17, 15) is 4.79 Å². The van der Waals surface area contributed by atoms with Gasteiger partial charge in [0.15, 0.2) is 5.79 Å². The van der Waals surface area contributed by atoms with Gasteiger partial charge in [-0.2, -0.15) is 0 Å². The average Bonchev–Trinajstić information content (AvgIpc) is 3.31. The van der Waals surface area contributed by atoms with Gasteiger partial charge in [-0.3, -0.25) is 4.79 Å². The number of thiocarbonyl (C=S) groups is 1. The molecule has 1 aliphatic rings. The second kappa shape index (κ2) is 8.30. The van der Waals surface area contributed by atoms with Crippen molar-refractivity contribution in [1.82, 2.24) is 0 Å². The molecule has 30 heavy (non-hydrogen) atoms. The summed E-state index contributed by atoms with van der Waals surface area (Å²) in [6, 6.07) is 13.8. The second-order valence-corrected chi connectivity index (χ2v) is 8.40. The van der Waals surface area contributed by atoms with Crippen LogP contribution in [0.1, 0.15) is 36.1 Å². The van der Waals surface area contributed by atoms with Gasteiger partial charge in [-0.15, -0.1) is 0 Å². The molecule has 0 aliphatic carbocycles. The Morgan fingerprint density at radius 1 is 1.20 bits per heavy atom. The first-order chi connectivity index (χ1) is 14.3. The zero-order chi connectivity index (χ0) is 21.3. The molecule has 0 amide bonds. The summed E-state index contributed by atoms with van der Waals surface area (Å²) in [5.74, 6) is -0.956. The highest BCUT2D eigenvalue weighted by atomic mass is 32.1. The summed E-state index contributed by atoms with van der Waals surface area (Å²) in [6.07, 6.45) is 1.53. The first-order valence-corrected chi connectivity index (χ1v) is 10.3. The summed E-state index contributed by atoms with van der Waals surface area (Å²) in [5, 5.41) is 0.902. The molecule has 0 spiro atoms. The Morgan fingerprint density at radius 3 is 2.67 bits per heavy atom. The van der Waals surface area contributed by atoms with Gasteiger partial charge in [-0.05, 0) is 50.1 Å². The van der Waals surface area contributed by atoms with Crippen LogP contribution in [-0.4, -0.2) is 35.9 Å². The number of benzene rings is 2. The van der Waals surface area contributed by atoms with Crippen molar-refractivity contribution in [3.63, 3.8) is 0 Å². The molecule has 1 aromatic heterocycles. The molecule has 0 radical (unpaired) electrons. The molecule has 0 N–H and O–H groups in total. The summed E-state index contributed by atoms with van der Waals surface area (Å²) in [4.78, 5) is 13.1. The van der Waals surface area contributed by atoms with E-state index < -0.39 is 5.79 Å². The predicted molar refractivity (Wildman–Crippen MR) is 118 cm³/mol. The Labute approximate surface area is 180 Å². The maximum absolute atomic E-state index is 12.4. The second-order valence-electron chi connectivity index (χ2n) is 7.99. The molecule has 156 valence electrons. The number of carbonyl (C=O) groups excluding carboxylic acids is 1. The number of furan rings is 1. The van der Waals surface area contributed by atoms with Crippen molar-refractivity contribution < 1.29 is 23.4 Å². The molecule has 4 rings (SSSR count). The number of hydrogen-bond acceptors (Lipinski definition) is 6. The minimum absolute atomic E-state index is 0.140. The van der Waals surface area contributed by atoms with Gasteiger partial charge in [0.25, 0.3) is 0 Å². The van der Waals surface area contributed by atoms with Gasteiger partial charge < -0.3 is 18.6 Å². The smallest absolute Gasteiger partial charge is 0.310 e.